The topological polar surface area (TPSA) is 46.6 Å². The van der Waals surface area contributed by atoms with Gasteiger partial charge in [-0.25, -0.2) is 4.79 Å². The molecule has 2 aromatic rings. The van der Waals surface area contributed by atoms with Crippen molar-refractivity contribution in [2.45, 2.75) is 19.9 Å². The Balaban J connectivity index is 2.04. The Bertz CT molecular complexity index is 721. The molecular weight excluding hydrogens is 314 g/mol. The quantitative estimate of drug-likeness (QED) is 0.568. The lowest BCUT2D eigenvalue weighted by Gasteiger charge is -2.20. The molecule has 0 spiro atoms. The highest BCUT2D eigenvalue weighted by Crippen LogP contribution is 2.10. The number of hydrogen-bond donors (Lipinski definition) is 0. The number of benzene rings is 2. The van der Waals surface area contributed by atoms with E-state index in [9.17, 15) is 9.59 Å². The number of nitrogens with zero attached hydrogens (tertiary/aromatic N) is 1. The number of rotatable bonds is 7. The van der Waals surface area contributed by atoms with Gasteiger partial charge in [0.05, 0.1) is 12.7 Å². The van der Waals surface area contributed by atoms with Crippen LogP contribution < -0.4 is 0 Å². The van der Waals surface area contributed by atoms with E-state index in [-0.39, 0.29) is 11.9 Å². The average Bonchev–Trinajstić information content (AvgIpc) is 2.66. The van der Waals surface area contributed by atoms with Crippen molar-refractivity contribution in [3.8, 4) is 0 Å². The minimum atomic E-state index is -0.372. The van der Waals surface area contributed by atoms with Crippen molar-refractivity contribution < 1.29 is 14.3 Å². The lowest BCUT2D eigenvalue weighted by Crippen LogP contribution is -2.29. The van der Waals surface area contributed by atoms with Crippen LogP contribution in [0.5, 0.6) is 0 Å². The summed E-state index contributed by atoms with van der Waals surface area (Å²) in [4.78, 5) is 25.7. The third-order valence-electron chi connectivity index (χ3n) is 3.77. The second-order valence-electron chi connectivity index (χ2n) is 5.69. The van der Waals surface area contributed by atoms with E-state index in [0.29, 0.717) is 18.7 Å². The Hall–Kier alpha value is -2.88. The van der Waals surface area contributed by atoms with Gasteiger partial charge in [-0.1, -0.05) is 49.4 Å². The van der Waals surface area contributed by atoms with Gasteiger partial charge < -0.3 is 9.64 Å². The number of carbonyl (C=O) groups excluding carboxylic acids is 2. The second kappa shape index (κ2) is 9.42. The number of hydrogen-bond acceptors (Lipinski definition) is 3. The van der Waals surface area contributed by atoms with Gasteiger partial charge in [-0.05, 0) is 35.8 Å². The highest BCUT2D eigenvalue weighted by Gasteiger charge is 2.10. The monoisotopic (exact) mass is 337 g/mol. The van der Waals surface area contributed by atoms with Gasteiger partial charge in [0.25, 0.3) is 0 Å². The zero-order valence-corrected chi connectivity index (χ0v) is 14.6. The zero-order valence-electron chi connectivity index (χ0n) is 14.6. The van der Waals surface area contributed by atoms with Crippen LogP contribution in [-0.4, -0.2) is 30.4 Å². The first-order valence-corrected chi connectivity index (χ1v) is 8.33. The molecule has 0 bridgehead atoms. The summed E-state index contributed by atoms with van der Waals surface area (Å²) in [5.41, 5.74) is 2.46. The largest absolute Gasteiger partial charge is 0.465 e. The lowest BCUT2D eigenvalue weighted by molar-refractivity contribution is -0.126. The number of esters is 1. The van der Waals surface area contributed by atoms with Gasteiger partial charge in [0, 0.05) is 19.2 Å². The molecule has 0 heterocycles. The second-order valence-corrected chi connectivity index (χ2v) is 5.69. The Labute approximate surface area is 148 Å². The van der Waals surface area contributed by atoms with Gasteiger partial charge >= 0.3 is 5.97 Å². The fraction of sp³-hybridized carbons (Fsp3) is 0.238. The molecule has 0 atom stereocenters. The van der Waals surface area contributed by atoms with Crippen molar-refractivity contribution in [1.82, 2.24) is 4.90 Å². The summed E-state index contributed by atoms with van der Waals surface area (Å²) in [7, 11) is 1.35. The molecule has 4 heteroatoms. The molecule has 2 rings (SSSR count). The van der Waals surface area contributed by atoms with Gasteiger partial charge in [-0.3, -0.25) is 4.79 Å². The van der Waals surface area contributed by atoms with Crippen LogP contribution in [0.2, 0.25) is 0 Å². The molecule has 4 nitrogen and oxygen atoms in total. The first-order chi connectivity index (χ1) is 12.1. The van der Waals surface area contributed by atoms with Crippen molar-refractivity contribution in [1.29, 1.82) is 0 Å². The average molecular weight is 337 g/mol. The maximum absolute atomic E-state index is 12.5. The molecule has 0 saturated carbocycles. The van der Waals surface area contributed by atoms with Crippen LogP contribution in [0.15, 0.2) is 60.7 Å². The number of ether oxygens (including phenoxy) is 1. The van der Waals surface area contributed by atoms with Crippen molar-refractivity contribution in [3.05, 3.63) is 77.4 Å². The minimum Gasteiger partial charge on any atom is -0.465 e. The molecule has 0 aliphatic carbocycles. The molecule has 0 radical (unpaired) electrons. The maximum atomic E-state index is 12.5. The molecule has 2 aromatic carbocycles. The maximum Gasteiger partial charge on any atom is 0.337 e. The van der Waals surface area contributed by atoms with Crippen LogP contribution in [0.25, 0.3) is 6.08 Å². The number of amides is 1. The van der Waals surface area contributed by atoms with E-state index in [1.807, 2.05) is 35.2 Å². The third-order valence-corrected chi connectivity index (χ3v) is 3.77. The van der Waals surface area contributed by atoms with Crippen LogP contribution in [0.4, 0.5) is 0 Å². The van der Waals surface area contributed by atoms with E-state index in [1.54, 1.807) is 36.4 Å². The van der Waals surface area contributed by atoms with Crippen molar-refractivity contribution >= 4 is 18.0 Å². The van der Waals surface area contributed by atoms with E-state index in [0.717, 1.165) is 17.5 Å². The van der Waals surface area contributed by atoms with E-state index in [4.69, 9.17) is 0 Å². The Morgan fingerprint density at radius 2 is 1.72 bits per heavy atom. The molecule has 0 aromatic heterocycles. The molecule has 0 fully saturated rings. The number of carbonyl (C=O) groups is 2. The standard InChI is InChI=1S/C21H23NO3/c1-3-15-22(16-18-7-5-4-6-8-18)20(23)14-11-17-9-12-19(13-10-17)21(24)25-2/h4-14H,3,15-16H2,1-2H3/b14-11+. The highest BCUT2D eigenvalue weighted by atomic mass is 16.5. The Morgan fingerprint density at radius 1 is 1.04 bits per heavy atom. The van der Waals surface area contributed by atoms with Crippen LogP contribution in [0.1, 0.15) is 34.8 Å². The summed E-state index contributed by atoms with van der Waals surface area (Å²) in [6, 6.07) is 16.9. The van der Waals surface area contributed by atoms with Crippen LogP contribution in [0, 0.1) is 0 Å². The zero-order chi connectivity index (χ0) is 18.1. The van der Waals surface area contributed by atoms with Gasteiger partial charge in [-0.15, -0.1) is 0 Å². The predicted octanol–water partition coefficient (Wildman–Crippen LogP) is 3.93. The smallest absolute Gasteiger partial charge is 0.337 e. The van der Waals surface area contributed by atoms with Crippen molar-refractivity contribution in [3.63, 3.8) is 0 Å². The van der Waals surface area contributed by atoms with E-state index >= 15 is 0 Å². The summed E-state index contributed by atoms with van der Waals surface area (Å²) in [5, 5.41) is 0. The first-order valence-electron chi connectivity index (χ1n) is 8.33. The molecule has 1 amide bonds. The van der Waals surface area contributed by atoms with Crippen LogP contribution in [0.3, 0.4) is 0 Å². The van der Waals surface area contributed by atoms with Gasteiger partial charge in [0.2, 0.25) is 5.91 Å². The molecular formula is C21H23NO3. The molecule has 0 saturated heterocycles. The van der Waals surface area contributed by atoms with Gasteiger partial charge in [0.1, 0.15) is 0 Å². The van der Waals surface area contributed by atoms with Crippen molar-refractivity contribution in [2.24, 2.45) is 0 Å². The fourth-order valence-electron chi connectivity index (χ4n) is 2.46. The Kier molecular flexibility index (Phi) is 6.96. The fourth-order valence-corrected chi connectivity index (χ4v) is 2.46. The van der Waals surface area contributed by atoms with E-state index in [2.05, 4.69) is 11.7 Å². The minimum absolute atomic E-state index is 0.0252. The highest BCUT2D eigenvalue weighted by molar-refractivity contribution is 5.92. The molecule has 0 N–H and O–H groups in total. The summed E-state index contributed by atoms with van der Waals surface area (Å²) >= 11 is 0. The first kappa shape index (κ1) is 18.5. The molecule has 25 heavy (non-hydrogen) atoms. The summed E-state index contributed by atoms with van der Waals surface area (Å²) < 4.78 is 4.67. The molecule has 0 aliphatic heterocycles. The number of methoxy groups -OCH3 is 1. The Morgan fingerprint density at radius 3 is 2.32 bits per heavy atom. The van der Waals surface area contributed by atoms with Crippen LogP contribution in [-0.2, 0) is 16.1 Å². The molecule has 130 valence electrons. The lowest BCUT2D eigenvalue weighted by atomic mass is 10.1. The third kappa shape index (κ3) is 5.60. The molecule has 0 unspecified atom stereocenters. The van der Waals surface area contributed by atoms with Gasteiger partial charge in [-0.2, -0.15) is 0 Å². The SMILES string of the molecule is CCCN(Cc1ccccc1)C(=O)/C=C/c1ccc(C(=O)OC)cc1. The summed E-state index contributed by atoms with van der Waals surface area (Å²) in [6.45, 7) is 3.36. The summed E-state index contributed by atoms with van der Waals surface area (Å²) in [5.74, 6) is -0.397. The normalized spacial score (nSPS) is 10.6. The predicted molar refractivity (Wildman–Crippen MR) is 99.0 cm³/mol. The van der Waals surface area contributed by atoms with E-state index in [1.165, 1.54) is 7.11 Å². The van der Waals surface area contributed by atoms with Crippen molar-refractivity contribution in [2.75, 3.05) is 13.7 Å². The van der Waals surface area contributed by atoms with Gasteiger partial charge in [0.15, 0.2) is 0 Å². The summed E-state index contributed by atoms with van der Waals surface area (Å²) in [6.07, 6.45) is 4.24. The van der Waals surface area contributed by atoms with Crippen LogP contribution >= 0.6 is 0 Å². The molecule has 0 aliphatic rings. The van der Waals surface area contributed by atoms with E-state index < -0.39 is 0 Å².